The van der Waals surface area contributed by atoms with Crippen molar-refractivity contribution in [1.82, 2.24) is 5.32 Å². The number of carbonyl (C=O) groups excluding carboxylic acids is 1. The van der Waals surface area contributed by atoms with E-state index in [9.17, 15) is 9.59 Å². The van der Waals surface area contributed by atoms with Crippen LogP contribution in [0.15, 0.2) is 12.7 Å². The zero-order valence-corrected chi connectivity index (χ0v) is 8.44. The first-order chi connectivity index (χ1) is 7.15. The molecule has 1 saturated heterocycles. The molecule has 0 aliphatic carbocycles. The molecular weight excluding hydrogens is 198 g/mol. The minimum absolute atomic E-state index is 0.211. The van der Waals surface area contributed by atoms with Gasteiger partial charge in [-0.25, -0.2) is 4.79 Å². The summed E-state index contributed by atoms with van der Waals surface area (Å²) in [7, 11) is 0. The van der Waals surface area contributed by atoms with Gasteiger partial charge in [0, 0.05) is 6.61 Å². The summed E-state index contributed by atoms with van der Waals surface area (Å²) in [5.74, 6) is -1.50. The van der Waals surface area contributed by atoms with E-state index in [2.05, 4.69) is 11.9 Å². The highest BCUT2D eigenvalue weighted by molar-refractivity contribution is 5.85. The maximum atomic E-state index is 11.5. The van der Waals surface area contributed by atoms with Gasteiger partial charge in [-0.3, -0.25) is 4.79 Å². The van der Waals surface area contributed by atoms with Crippen molar-refractivity contribution in [3.05, 3.63) is 12.7 Å². The Labute approximate surface area is 88.1 Å². The number of nitrogens with one attached hydrogen (secondary N) is 1. The largest absolute Gasteiger partial charge is 0.480 e. The Morgan fingerprint density at radius 2 is 2.40 bits per heavy atom. The molecule has 1 rings (SSSR count). The molecule has 5 heteroatoms. The van der Waals surface area contributed by atoms with Crippen LogP contribution >= 0.6 is 0 Å². The molecule has 2 N–H and O–H groups in total. The fourth-order valence-electron chi connectivity index (χ4n) is 1.42. The van der Waals surface area contributed by atoms with Crippen LogP contribution in [0, 0.1) is 5.92 Å². The van der Waals surface area contributed by atoms with Crippen molar-refractivity contribution in [3.8, 4) is 0 Å². The molecule has 5 nitrogen and oxygen atoms in total. The van der Waals surface area contributed by atoms with Gasteiger partial charge in [0.2, 0.25) is 5.91 Å². The van der Waals surface area contributed by atoms with Crippen LogP contribution < -0.4 is 5.32 Å². The van der Waals surface area contributed by atoms with Crippen LogP contribution in [0.25, 0.3) is 0 Å². The third kappa shape index (κ3) is 3.36. The fourth-order valence-corrected chi connectivity index (χ4v) is 1.42. The molecule has 0 bridgehead atoms. The molecule has 15 heavy (non-hydrogen) atoms. The van der Waals surface area contributed by atoms with Crippen LogP contribution in [-0.2, 0) is 14.3 Å². The molecule has 1 aliphatic heterocycles. The normalized spacial score (nSPS) is 22.0. The van der Waals surface area contributed by atoms with Crippen molar-refractivity contribution in [2.24, 2.45) is 5.92 Å². The van der Waals surface area contributed by atoms with E-state index in [1.165, 1.54) is 6.08 Å². The van der Waals surface area contributed by atoms with Crippen molar-refractivity contribution < 1.29 is 19.4 Å². The molecule has 0 spiro atoms. The van der Waals surface area contributed by atoms with Crippen LogP contribution in [0.4, 0.5) is 0 Å². The number of ether oxygens (including phenoxy) is 1. The van der Waals surface area contributed by atoms with Gasteiger partial charge in [-0.1, -0.05) is 6.08 Å². The monoisotopic (exact) mass is 213 g/mol. The van der Waals surface area contributed by atoms with E-state index >= 15 is 0 Å². The Morgan fingerprint density at radius 3 is 2.87 bits per heavy atom. The molecule has 0 aromatic rings. The van der Waals surface area contributed by atoms with Crippen molar-refractivity contribution in [1.29, 1.82) is 0 Å². The lowest BCUT2D eigenvalue weighted by Gasteiger charge is -2.14. The second-order valence-corrected chi connectivity index (χ2v) is 3.48. The summed E-state index contributed by atoms with van der Waals surface area (Å²) in [6.45, 7) is 4.40. The van der Waals surface area contributed by atoms with Gasteiger partial charge in [-0.15, -0.1) is 6.58 Å². The van der Waals surface area contributed by atoms with Crippen LogP contribution in [0.1, 0.15) is 12.8 Å². The second-order valence-electron chi connectivity index (χ2n) is 3.48. The zero-order chi connectivity index (χ0) is 11.3. The molecule has 1 heterocycles. The number of carbonyl (C=O) groups is 2. The molecule has 1 fully saturated rings. The average molecular weight is 213 g/mol. The Morgan fingerprint density at radius 1 is 1.67 bits per heavy atom. The van der Waals surface area contributed by atoms with Gasteiger partial charge >= 0.3 is 5.97 Å². The third-order valence-electron chi connectivity index (χ3n) is 2.32. The van der Waals surface area contributed by atoms with E-state index in [0.29, 0.717) is 19.6 Å². The summed E-state index contributed by atoms with van der Waals surface area (Å²) in [6, 6.07) is -0.879. The summed E-state index contributed by atoms with van der Waals surface area (Å²) in [5, 5.41) is 11.3. The average Bonchev–Trinajstić information content (AvgIpc) is 2.69. The number of hydrogen-bond acceptors (Lipinski definition) is 3. The summed E-state index contributed by atoms with van der Waals surface area (Å²) < 4.78 is 5.05. The van der Waals surface area contributed by atoms with Crippen molar-refractivity contribution in [3.63, 3.8) is 0 Å². The van der Waals surface area contributed by atoms with E-state index in [1.54, 1.807) is 0 Å². The molecule has 0 radical (unpaired) electrons. The lowest BCUT2D eigenvalue weighted by atomic mass is 10.1. The lowest BCUT2D eigenvalue weighted by Crippen LogP contribution is -2.43. The second kappa shape index (κ2) is 5.50. The number of aliphatic carboxylic acids is 1. The molecule has 0 saturated carbocycles. The molecule has 1 amide bonds. The maximum Gasteiger partial charge on any atom is 0.326 e. The highest BCUT2D eigenvalue weighted by atomic mass is 16.5. The summed E-state index contributed by atoms with van der Waals surface area (Å²) in [6.07, 6.45) is 2.37. The van der Waals surface area contributed by atoms with Gasteiger partial charge in [-0.2, -0.15) is 0 Å². The first-order valence-electron chi connectivity index (χ1n) is 4.87. The summed E-state index contributed by atoms with van der Waals surface area (Å²) in [5.41, 5.74) is 0. The first-order valence-corrected chi connectivity index (χ1v) is 4.87. The van der Waals surface area contributed by atoms with E-state index in [1.807, 2.05) is 0 Å². The molecule has 84 valence electrons. The van der Waals surface area contributed by atoms with Crippen molar-refractivity contribution in [2.45, 2.75) is 18.9 Å². The van der Waals surface area contributed by atoms with Crippen molar-refractivity contribution >= 4 is 11.9 Å². The first kappa shape index (κ1) is 11.7. The number of amides is 1. The molecular formula is C10H15NO4. The maximum absolute atomic E-state index is 11.5. The van der Waals surface area contributed by atoms with E-state index in [0.717, 1.165) is 0 Å². The number of hydrogen-bond donors (Lipinski definition) is 2. The third-order valence-corrected chi connectivity index (χ3v) is 2.32. The van der Waals surface area contributed by atoms with Crippen molar-refractivity contribution in [2.75, 3.05) is 13.2 Å². The molecule has 1 aliphatic rings. The quantitative estimate of drug-likeness (QED) is 0.638. The summed E-state index contributed by atoms with van der Waals surface area (Å²) in [4.78, 5) is 22.3. The van der Waals surface area contributed by atoms with Crippen LogP contribution in [0.3, 0.4) is 0 Å². The van der Waals surface area contributed by atoms with Crippen LogP contribution in [0.5, 0.6) is 0 Å². The van der Waals surface area contributed by atoms with Gasteiger partial charge in [0.1, 0.15) is 6.04 Å². The minimum atomic E-state index is -1.04. The highest BCUT2D eigenvalue weighted by Crippen LogP contribution is 2.12. The zero-order valence-electron chi connectivity index (χ0n) is 8.44. The van der Waals surface area contributed by atoms with Gasteiger partial charge < -0.3 is 15.2 Å². The highest BCUT2D eigenvalue weighted by Gasteiger charge is 2.27. The number of carboxylic acid groups (broad SMARTS) is 1. The van der Waals surface area contributed by atoms with Gasteiger partial charge in [-0.05, 0) is 12.8 Å². The molecule has 2 atom stereocenters. The fraction of sp³-hybridized carbons (Fsp3) is 0.600. The Hall–Kier alpha value is -1.36. The number of rotatable bonds is 5. The molecule has 0 aromatic carbocycles. The van der Waals surface area contributed by atoms with Gasteiger partial charge in [0.15, 0.2) is 0 Å². The summed E-state index contributed by atoms with van der Waals surface area (Å²) >= 11 is 0. The standard InChI is InChI=1S/C10H15NO4/c1-2-3-8(10(13)14)11-9(12)7-4-5-15-6-7/h2,7-8H,1,3-6H2,(H,11,12)(H,13,14). The Balaban J connectivity index is 2.45. The SMILES string of the molecule is C=CCC(NC(=O)C1CCOC1)C(=O)O. The minimum Gasteiger partial charge on any atom is -0.480 e. The van der Waals surface area contributed by atoms with Gasteiger partial charge in [0.25, 0.3) is 0 Å². The number of carboxylic acids is 1. The van der Waals surface area contributed by atoms with Gasteiger partial charge in [0.05, 0.1) is 12.5 Å². The van der Waals surface area contributed by atoms with E-state index in [-0.39, 0.29) is 18.2 Å². The lowest BCUT2D eigenvalue weighted by molar-refractivity contribution is -0.142. The predicted molar refractivity (Wildman–Crippen MR) is 53.3 cm³/mol. The van der Waals surface area contributed by atoms with Crippen LogP contribution in [-0.4, -0.2) is 36.2 Å². The van der Waals surface area contributed by atoms with E-state index < -0.39 is 12.0 Å². The molecule has 2 unspecified atom stereocenters. The van der Waals surface area contributed by atoms with Crippen LogP contribution in [0.2, 0.25) is 0 Å². The Bertz CT molecular complexity index is 258. The smallest absolute Gasteiger partial charge is 0.326 e. The topological polar surface area (TPSA) is 75.6 Å². The van der Waals surface area contributed by atoms with E-state index in [4.69, 9.17) is 9.84 Å². The molecule has 0 aromatic heterocycles. The predicted octanol–water partition coefficient (Wildman–Crippen LogP) is 0.168. The Kier molecular flexibility index (Phi) is 4.30.